The largest absolute Gasteiger partial charge is 0.349 e. The van der Waals surface area contributed by atoms with E-state index in [1.165, 1.54) is 37.7 Å². The molecule has 2 N–H and O–H groups in total. The summed E-state index contributed by atoms with van der Waals surface area (Å²) in [6.45, 7) is 3.79. The minimum atomic E-state index is 0.198. The van der Waals surface area contributed by atoms with Gasteiger partial charge < -0.3 is 10.6 Å². The van der Waals surface area contributed by atoms with Crippen molar-refractivity contribution in [3.63, 3.8) is 0 Å². The lowest BCUT2D eigenvalue weighted by Gasteiger charge is -2.32. The number of nitrogens with one attached hydrogen (secondary N) is 2. The molecule has 19 heavy (non-hydrogen) atoms. The van der Waals surface area contributed by atoms with Crippen LogP contribution >= 0.6 is 0 Å². The number of carbonyl (C=O) groups is 1. The van der Waals surface area contributed by atoms with Crippen LogP contribution in [0.5, 0.6) is 0 Å². The highest BCUT2D eigenvalue weighted by molar-refractivity contribution is 5.94. The molecule has 1 heterocycles. The van der Waals surface area contributed by atoms with E-state index in [2.05, 4.69) is 10.6 Å². The Kier molecular flexibility index (Phi) is 2.73. The molecule has 3 nitrogen and oxygen atoms in total. The van der Waals surface area contributed by atoms with Crippen LogP contribution in [0.3, 0.4) is 0 Å². The quantitative estimate of drug-likeness (QED) is 0.744. The molecule has 5 atom stereocenters. The Bertz CT molecular complexity index is 436. The molecular weight excluding hydrogens is 236 g/mol. The third-order valence-electron chi connectivity index (χ3n) is 6.29. The van der Waals surface area contributed by atoms with E-state index in [4.69, 9.17) is 0 Å². The molecule has 0 radical (unpaired) electrons. The molecule has 0 aromatic rings. The number of carbonyl (C=O) groups excluding carboxylic acids is 1. The minimum absolute atomic E-state index is 0.198. The second-order valence-corrected chi connectivity index (χ2v) is 7.07. The Labute approximate surface area is 115 Å². The van der Waals surface area contributed by atoms with Gasteiger partial charge in [-0.3, -0.25) is 4.79 Å². The van der Waals surface area contributed by atoms with E-state index in [9.17, 15) is 4.79 Å². The van der Waals surface area contributed by atoms with Crippen molar-refractivity contribution in [2.45, 2.75) is 45.1 Å². The van der Waals surface area contributed by atoms with E-state index in [0.717, 1.165) is 42.3 Å². The minimum Gasteiger partial charge on any atom is -0.349 e. The maximum atomic E-state index is 12.3. The predicted octanol–water partition coefficient (Wildman–Crippen LogP) is 1.85. The summed E-state index contributed by atoms with van der Waals surface area (Å²) in [6.07, 6.45) is 6.94. The summed E-state index contributed by atoms with van der Waals surface area (Å²) in [6, 6.07) is 0.473. The van der Waals surface area contributed by atoms with Crippen molar-refractivity contribution in [2.75, 3.05) is 13.1 Å². The summed E-state index contributed by atoms with van der Waals surface area (Å²) in [4.78, 5) is 12.3. The first-order valence-electron chi connectivity index (χ1n) is 7.94. The highest BCUT2D eigenvalue weighted by Crippen LogP contribution is 2.58. The van der Waals surface area contributed by atoms with Gasteiger partial charge in [0.05, 0.1) is 0 Å². The van der Waals surface area contributed by atoms with Gasteiger partial charge in [0, 0.05) is 24.7 Å². The van der Waals surface area contributed by atoms with Gasteiger partial charge in [-0.25, -0.2) is 0 Å². The maximum Gasteiger partial charge on any atom is 0.247 e. The van der Waals surface area contributed by atoms with Crippen molar-refractivity contribution in [1.29, 1.82) is 0 Å². The second kappa shape index (κ2) is 4.34. The monoisotopic (exact) mass is 260 g/mol. The highest BCUT2D eigenvalue weighted by atomic mass is 16.1. The average molecular weight is 260 g/mol. The van der Waals surface area contributed by atoms with Gasteiger partial charge in [-0.2, -0.15) is 0 Å². The summed E-state index contributed by atoms with van der Waals surface area (Å²) in [5.41, 5.74) is 2.25. The molecule has 4 rings (SSSR count). The van der Waals surface area contributed by atoms with Gasteiger partial charge in [0.25, 0.3) is 0 Å². The van der Waals surface area contributed by atoms with E-state index in [-0.39, 0.29) is 5.91 Å². The van der Waals surface area contributed by atoms with Crippen molar-refractivity contribution in [2.24, 2.45) is 23.7 Å². The third-order valence-corrected chi connectivity index (χ3v) is 6.29. The van der Waals surface area contributed by atoms with Crippen molar-refractivity contribution in [3.05, 3.63) is 11.1 Å². The molecular formula is C16H24N2O. The summed E-state index contributed by atoms with van der Waals surface area (Å²) in [5, 5.41) is 6.56. The number of fused-ring (bicyclic) bond motifs is 5. The van der Waals surface area contributed by atoms with E-state index in [1.807, 2.05) is 6.92 Å². The fourth-order valence-corrected chi connectivity index (χ4v) is 5.19. The summed E-state index contributed by atoms with van der Waals surface area (Å²) >= 11 is 0. The molecule has 104 valence electrons. The van der Waals surface area contributed by atoms with Gasteiger partial charge in [-0.05, 0) is 61.9 Å². The maximum absolute atomic E-state index is 12.3. The van der Waals surface area contributed by atoms with Crippen LogP contribution in [-0.4, -0.2) is 25.0 Å². The highest BCUT2D eigenvalue weighted by Gasteiger charge is 2.54. The van der Waals surface area contributed by atoms with Crippen LogP contribution in [0.2, 0.25) is 0 Å². The second-order valence-electron chi connectivity index (χ2n) is 7.07. The van der Waals surface area contributed by atoms with E-state index < -0.39 is 0 Å². The number of rotatable bonds is 2. The van der Waals surface area contributed by atoms with Crippen LogP contribution in [0.25, 0.3) is 0 Å². The van der Waals surface area contributed by atoms with Crippen LogP contribution in [0.15, 0.2) is 11.1 Å². The molecule has 4 fully saturated rings. The number of hydrogen-bond acceptors (Lipinski definition) is 2. The lowest BCUT2D eigenvalue weighted by atomic mass is 9.79. The summed E-state index contributed by atoms with van der Waals surface area (Å²) < 4.78 is 0. The topological polar surface area (TPSA) is 41.1 Å². The third kappa shape index (κ3) is 1.78. The summed E-state index contributed by atoms with van der Waals surface area (Å²) in [5.74, 6) is 3.85. The molecule has 1 saturated heterocycles. The SMILES string of the molecule is CC(C(=O)NC1CC2CC1C1CCCC21)=C1CNC1. The van der Waals surface area contributed by atoms with Crippen LogP contribution in [-0.2, 0) is 4.79 Å². The van der Waals surface area contributed by atoms with Gasteiger partial charge in [0.15, 0.2) is 0 Å². The Morgan fingerprint density at radius 3 is 2.68 bits per heavy atom. The Balaban J connectivity index is 1.43. The number of amides is 1. The van der Waals surface area contributed by atoms with Gasteiger partial charge in [-0.1, -0.05) is 6.42 Å². The first kappa shape index (κ1) is 12.0. The van der Waals surface area contributed by atoms with Crippen LogP contribution in [0.1, 0.15) is 39.0 Å². The number of hydrogen-bond donors (Lipinski definition) is 2. The molecule has 1 aliphatic heterocycles. The van der Waals surface area contributed by atoms with Crippen LogP contribution < -0.4 is 10.6 Å². The fourth-order valence-electron chi connectivity index (χ4n) is 5.19. The molecule has 3 saturated carbocycles. The molecule has 5 unspecified atom stereocenters. The summed E-state index contributed by atoms with van der Waals surface area (Å²) in [7, 11) is 0. The van der Waals surface area contributed by atoms with E-state index in [1.54, 1.807) is 0 Å². The molecule has 0 aromatic heterocycles. The van der Waals surface area contributed by atoms with Gasteiger partial charge in [0.2, 0.25) is 5.91 Å². The molecule has 0 aromatic carbocycles. The van der Waals surface area contributed by atoms with Crippen molar-refractivity contribution in [1.82, 2.24) is 10.6 Å². The zero-order valence-electron chi connectivity index (χ0n) is 11.7. The molecule has 0 spiro atoms. The average Bonchev–Trinajstić information content (AvgIpc) is 2.97. The Morgan fingerprint density at radius 1 is 1.16 bits per heavy atom. The van der Waals surface area contributed by atoms with Crippen molar-refractivity contribution >= 4 is 5.91 Å². The van der Waals surface area contributed by atoms with Crippen molar-refractivity contribution < 1.29 is 4.79 Å². The zero-order chi connectivity index (χ0) is 13.0. The van der Waals surface area contributed by atoms with E-state index in [0.29, 0.717) is 6.04 Å². The molecule has 3 aliphatic carbocycles. The van der Waals surface area contributed by atoms with Gasteiger partial charge >= 0.3 is 0 Å². The molecule has 3 heteroatoms. The van der Waals surface area contributed by atoms with Crippen molar-refractivity contribution in [3.8, 4) is 0 Å². The smallest absolute Gasteiger partial charge is 0.247 e. The first-order chi connectivity index (χ1) is 9.24. The Morgan fingerprint density at radius 2 is 1.95 bits per heavy atom. The molecule has 2 bridgehead atoms. The standard InChI is InChI=1S/C16H24N2O/c1-9(11-7-17-8-11)16(19)18-15-6-10-5-14(15)13-4-2-3-12(10)13/h10,12-15,17H,2-8H2,1H3,(H,18,19). The molecule has 1 amide bonds. The Hall–Kier alpha value is -0.830. The normalized spacial score (nSPS) is 43.0. The fraction of sp³-hybridized carbons (Fsp3) is 0.812. The lowest BCUT2D eigenvalue weighted by molar-refractivity contribution is -0.118. The molecule has 4 aliphatic rings. The first-order valence-corrected chi connectivity index (χ1v) is 7.94. The zero-order valence-corrected chi connectivity index (χ0v) is 11.7. The van der Waals surface area contributed by atoms with Gasteiger partial charge in [0.1, 0.15) is 0 Å². The van der Waals surface area contributed by atoms with E-state index >= 15 is 0 Å². The van der Waals surface area contributed by atoms with Crippen LogP contribution in [0, 0.1) is 23.7 Å². The van der Waals surface area contributed by atoms with Crippen LogP contribution in [0.4, 0.5) is 0 Å². The van der Waals surface area contributed by atoms with Gasteiger partial charge in [-0.15, -0.1) is 0 Å². The lowest BCUT2D eigenvalue weighted by Crippen LogP contribution is -2.44. The predicted molar refractivity (Wildman–Crippen MR) is 74.5 cm³/mol.